The Balaban J connectivity index is 2.15. The Morgan fingerprint density at radius 2 is 2.13 bits per heavy atom. The van der Waals surface area contributed by atoms with E-state index in [1.54, 1.807) is 0 Å². The first-order valence-corrected chi connectivity index (χ1v) is 6.39. The molecule has 15 heavy (non-hydrogen) atoms. The summed E-state index contributed by atoms with van der Waals surface area (Å²) in [5.41, 5.74) is 1.33. The van der Waals surface area contributed by atoms with E-state index in [0.29, 0.717) is 6.04 Å². The lowest BCUT2D eigenvalue weighted by Gasteiger charge is -2.08. The first-order chi connectivity index (χ1) is 7.22. The third-order valence-electron chi connectivity index (χ3n) is 3.02. The lowest BCUT2D eigenvalue weighted by molar-refractivity contribution is 0.536. The van der Waals surface area contributed by atoms with Crippen LogP contribution in [0, 0.1) is 5.92 Å². The predicted molar refractivity (Wildman–Crippen MR) is 68.6 cm³/mol. The Hall–Kier alpha value is -0.590. The van der Waals surface area contributed by atoms with Gasteiger partial charge in [0.25, 0.3) is 0 Å². The molecule has 1 aliphatic rings. The Kier molecular flexibility index (Phi) is 5.67. The molecule has 0 bridgehead atoms. The number of hydrogen-bond donors (Lipinski definition) is 0. The van der Waals surface area contributed by atoms with Crippen LogP contribution in [0.1, 0.15) is 59.3 Å². The van der Waals surface area contributed by atoms with Crippen molar-refractivity contribution in [2.24, 2.45) is 10.9 Å². The molecule has 0 aromatic carbocycles. The van der Waals surface area contributed by atoms with Gasteiger partial charge in [0.2, 0.25) is 0 Å². The van der Waals surface area contributed by atoms with Gasteiger partial charge in [0.1, 0.15) is 0 Å². The number of allylic oxidation sites excluding steroid dienone is 2. The highest BCUT2D eigenvalue weighted by molar-refractivity contribution is 5.72. The van der Waals surface area contributed by atoms with E-state index in [1.165, 1.54) is 44.1 Å². The van der Waals surface area contributed by atoms with E-state index in [-0.39, 0.29) is 0 Å². The molecule has 0 aromatic heterocycles. The molecule has 1 fully saturated rings. The van der Waals surface area contributed by atoms with Gasteiger partial charge in [-0.2, -0.15) is 0 Å². The maximum absolute atomic E-state index is 4.60. The number of hydrogen-bond acceptors (Lipinski definition) is 1. The van der Waals surface area contributed by atoms with Crippen molar-refractivity contribution in [1.29, 1.82) is 0 Å². The van der Waals surface area contributed by atoms with Crippen molar-refractivity contribution in [2.45, 2.75) is 65.3 Å². The molecule has 0 radical (unpaired) electrons. The predicted octanol–water partition coefficient (Wildman–Crippen LogP) is 4.38. The van der Waals surface area contributed by atoms with Crippen molar-refractivity contribution in [3.8, 4) is 0 Å². The normalized spacial score (nSPS) is 18.1. The van der Waals surface area contributed by atoms with Crippen molar-refractivity contribution >= 4 is 6.21 Å². The molecule has 0 N–H and O–H groups in total. The molecule has 1 aliphatic carbocycles. The summed E-state index contributed by atoms with van der Waals surface area (Å²) >= 11 is 0. The maximum Gasteiger partial charge on any atom is 0.0497 e. The molecule has 1 unspecified atom stereocenters. The quantitative estimate of drug-likeness (QED) is 0.549. The first kappa shape index (κ1) is 12.5. The van der Waals surface area contributed by atoms with E-state index >= 15 is 0 Å². The second kappa shape index (κ2) is 6.81. The molecular formula is C14H25N. The van der Waals surface area contributed by atoms with Crippen LogP contribution in [0.4, 0.5) is 0 Å². The summed E-state index contributed by atoms with van der Waals surface area (Å²) in [6.45, 7) is 6.46. The molecule has 0 aliphatic heterocycles. The minimum absolute atomic E-state index is 0.555. The van der Waals surface area contributed by atoms with Gasteiger partial charge in [-0.1, -0.05) is 38.2 Å². The van der Waals surface area contributed by atoms with Gasteiger partial charge in [-0.25, -0.2) is 0 Å². The average molecular weight is 207 g/mol. The molecule has 1 nitrogen and oxygen atoms in total. The van der Waals surface area contributed by atoms with Crippen LogP contribution in [0.2, 0.25) is 0 Å². The van der Waals surface area contributed by atoms with Gasteiger partial charge in [-0.05, 0) is 38.7 Å². The van der Waals surface area contributed by atoms with Crippen LogP contribution in [0.3, 0.4) is 0 Å². The number of nitrogens with zero attached hydrogens (tertiary/aromatic N) is 1. The summed E-state index contributed by atoms with van der Waals surface area (Å²) in [6.07, 6.45) is 12.3. The van der Waals surface area contributed by atoms with E-state index in [0.717, 1.165) is 5.92 Å². The maximum atomic E-state index is 4.60. The molecular weight excluding hydrogens is 182 g/mol. The Labute approximate surface area is 94.7 Å². The van der Waals surface area contributed by atoms with Crippen LogP contribution in [0.15, 0.2) is 16.6 Å². The minimum Gasteiger partial charge on any atom is -0.290 e. The fraction of sp³-hybridized carbons (Fsp3) is 0.786. The van der Waals surface area contributed by atoms with Crippen LogP contribution < -0.4 is 0 Å². The van der Waals surface area contributed by atoms with E-state index in [4.69, 9.17) is 0 Å². The highest BCUT2D eigenvalue weighted by Gasteiger charge is 2.20. The summed E-state index contributed by atoms with van der Waals surface area (Å²) in [4.78, 5) is 4.60. The molecule has 86 valence electrons. The minimum atomic E-state index is 0.555. The second-order valence-corrected chi connectivity index (χ2v) is 4.98. The van der Waals surface area contributed by atoms with E-state index in [2.05, 4.69) is 31.8 Å². The monoisotopic (exact) mass is 207 g/mol. The summed E-state index contributed by atoms with van der Waals surface area (Å²) in [6, 6.07) is 0.555. The van der Waals surface area contributed by atoms with Crippen LogP contribution in [-0.4, -0.2) is 12.3 Å². The zero-order chi connectivity index (χ0) is 11.1. The zero-order valence-corrected chi connectivity index (χ0v) is 10.5. The second-order valence-electron chi connectivity index (χ2n) is 4.98. The molecule has 0 amide bonds. The molecule has 1 saturated carbocycles. The van der Waals surface area contributed by atoms with Gasteiger partial charge in [-0.3, -0.25) is 4.99 Å². The highest BCUT2D eigenvalue weighted by atomic mass is 14.8. The van der Waals surface area contributed by atoms with E-state index in [1.807, 2.05) is 6.21 Å². The first-order valence-electron chi connectivity index (χ1n) is 6.39. The molecule has 1 heteroatoms. The highest BCUT2D eigenvalue weighted by Crippen LogP contribution is 2.34. The van der Waals surface area contributed by atoms with Gasteiger partial charge in [0.05, 0.1) is 0 Å². The molecule has 0 aromatic rings. The number of rotatable bonds is 7. The van der Waals surface area contributed by atoms with Crippen molar-refractivity contribution < 1.29 is 0 Å². The Morgan fingerprint density at radius 3 is 2.67 bits per heavy atom. The topological polar surface area (TPSA) is 12.4 Å². The smallest absolute Gasteiger partial charge is 0.0497 e. The van der Waals surface area contributed by atoms with Crippen molar-refractivity contribution in [2.75, 3.05) is 0 Å². The van der Waals surface area contributed by atoms with Crippen molar-refractivity contribution in [3.63, 3.8) is 0 Å². The fourth-order valence-electron chi connectivity index (χ4n) is 1.75. The molecule has 1 rings (SSSR count). The molecule has 0 saturated heterocycles. The fourth-order valence-corrected chi connectivity index (χ4v) is 1.75. The van der Waals surface area contributed by atoms with Gasteiger partial charge >= 0.3 is 0 Å². The summed E-state index contributed by atoms with van der Waals surface area (Å²) in [5, 5.41) is 0. The van der Waals surface area contributed by atoms with Crippen molar-refractivity contribution in [3.05, 3.63) is 11.6 Å². The standard InChI is InChI=1S/C14H25N/c1-4-14(15-11-10-12(2)3)7-5-6-13-8-9-13/h10-11,13-14H,4-9H2,1-3H3. The van der Waals surface area contributed by atoms with Gasteiger partial charge < -0.3 is 0 Å². The van der Waals surface area contributed by atoms with E-state index < -0.39 is 0 Å². The van der Waals surface area contributed by atoms with Crippen LogP contribution in [0.25, 0.3) is 0 Å². The SMILES string of the molecule is CCC(CCCC1CC1)N=CC=C(C)C. The van der Waals surface area contributed by atoms with Crippen LogP contribution in [-0.2, 0) is 0 Å². The lowest BCUT2D eigenvalue weighted by Crippen LogP contribution is -2.02. The average Bonchev–Trinajstić information content (AvgIpc) is 2.99. The van der Waals surface area contributed by atoms with Crippen LogP contribution >= 0.6 is 0 Å². The van der Waals surface area contributed by atoms with Gasteiger partial charge in [-0.15, -0.1) is 0 Å². The largest absolute Gasteiger partial charge is 0.290 e. The Morgan fingerprint density at radius 1 is 1.40 bits per heavy atom. The summed E-state index contributed by atoms with van der Waals surface area (Å²) < 4.78 is 0. The third kappa shape index (κ3) is 6.48. The van der Waals surface area contributed by atoms with Gasteiger partial charge in [0.15, 0.2) is 0 Å². The van der Waals surface area contributed by atoms with Crippen molar-refractivity contribution in [1.82, 2.24) is 0 Å². The molecule has 0 spiro atoms. The molecule has 0 heterocycles. The van der Waals surface area contributed by atoms with Crippen LogP contribution in [0.5, 0.6) is 0 Å². The Bertz CT molecular complexity index is 219. The third-order valence-corrected chi connectivity index (χ3v) is 3.02. The zero-order valence-electron chi connectivity index (χ0n) is 10.5. The summed E-state index contributed by atoms with van der Waals surface area (Å²) in [7, 11) is 0. The van der Waals surface area contributed by atoms with E-state index in [9.17, 15) is 0 Å². The number of aliphatic imine (C=N–C) groups is 1. The lowest BCUT2D eigenvalue weighted by atomic mass is 10.1. The van der Waals surface area contributed by atoms with Gasteiger partial charge in [0, 0.05) is 12.3 Å². The molecule has 1 atom stereocenters. The summed E-state index contributed by atoms with van der Waals surface area (Å²) in [5.74, 6) is 1.07.